The van der Waals surface area contributed by atoms with Crippen molar-refractivity contribution in [3.8, 4) is 0 Å². The highest BCUT2D eigenvalue weighted by molar-refractivity contribution is 7.63. The molecule has 0 bridgehead atoms. The van der Waals surface area contributed by atoms with Crippen LogP contribution in [0.15, 0.2) is 11.9 Å². The topological polar surface area (TPSA) is 35.5 Å². The number of hydrogen-bond acceptors (Lipinski definition) is 3. The zero-order chi connectivity index (χ0) is 12.4. The van der Waals surface area contributed by atoms with Gasteiger partial charge in [0.1, 0.15) is 0 Å². The van der Waals surface area contributed by atoms with E-state index in [2.05, 4.69) is 6.58 Å². The van der Waals surface area contributed by atoms with E-state index in [9.17, 15) is 4.57 Å². The van der Waals surface area contributed by atoms with Gasteiger partial charge in [0.05, 0.1) is 5.60 Å². The highest BCUT2D eigenvalue weighted by Crippen LogP contribution is 2.63. The van der Waals surface area contributed by atoms with Gasteiger partial charge in [-0.2, -0.15) is 4.67 Å². The van der Waals surface area contributed by atoms with Gasteiger partial charge in [-0.25, -0.2) is 4.89 Å². The minimum Gasteiger partial charge on any atom is -0.285 e. The molecule has 1 unspecified atom stereocenters. The molecule has 0 radical (unpaired) electrons. The molecule has 0 N–H and O–H groups in total. The van der Waals surface area contributed by atoms with Crippen molar-refractivity contribution < 1.29 is 14.1 Å². The van der Waals surface area contributed by atoms with Crippen molar-refractivity contribution in [1.82, 2.24) is 0 Å². The van der Waals surface area contributed by atoms with E-state index in [1.54, 1.807) is 6.92 Å². The van der Waals surface area contributed by atoms with Gasteiger partial charge in [-0.1, -0.05) is 19.4 Å². The number of hydrogen-bond donors (Lipinski definition) is 0. The molecule has 1 fully saturated rings. The van der Waals surface area contributed by atoms with Gasteiger partial charge < -0.3 is 0 Å². The quantitative estimate of drug-likeness (QED) is 0.416. The van der Waals surface area contributed by atoms with E-state index in [1.807, 2.05) is 20.8 Å². The molecule has 0 spiro atoms. The van der Waals surface area contributed by atoms with Crippen LogP contribution in [0.2, 0.25) is 0 Å². The minimum atomic E-state index is -2.85. The fourth-order valence-corrected chi connectivity index (χ4v) is 4.10. The van der Waals surface area contributed by atoms with Crippen LogP contribution >= 0.6 is 7.37 Å². The average Bonchev–Trinajstić information content (AvgIpc) is 2.65. The monoisotopic (exact) mass is 246 g/mol. The van der Waals surface area contributed by atoms with Crippen molar-refractivity contribution in [2.75, 3.05) is 0 Å². The van der Waals surface area contributed by atoms with Crippen LogP contribution in [0.25, 0.3) is 0 Å². The summed E-state index contributed by atoms with van der Waals surface area (Å²) in [6, 6.07) is 0. The van der Waals surface area contributed by atoms with E-state index in [-0.39, 0.29) is 5.66 Å². The second-order valence-corrected chi connectivity index (χ2v) is 8.38. The first kappa shape index (κ1) is 14.0. The van der Waals surface area contributed by atoms with Gasteiger partial charge >= 0.3 is 0 Å². The van der Waals surface area contributed by atoms with Gasteiger partial charge in [0.15, 0.2) is 0 Å². The molecule has 1 rings (SSSR count). The van der Waals surface area contributed by atoms with E-state index >= 15 is 0 Å². The molecule has 0 aromatic carbocycles. The lowest BCUT2D eigenvalue weighted by atomic mass is 10.2. The largest absolute Gasteiger partial charge is 0.285 e. The van der Waals surface area contributed by atoms with Crippen LogP contribution in [-0.4, -0.2) is 11.3 Å². The molecular formula is C12H23O3P. The SMILES string of the molecule is C=C(C)P(=O)(OOC(C)(C)C)C1CCCC1. The molecule has 94 valence electrons. The third kappa shape index (κ3) is 3.44. The molecule has 0 aromatic heterocycles. The standard InChI is InChI=1S/C12H23O3P/c1-10(2)16(13,11-8-6-7-9-11)15-14-12(3,4)5/h11H,1,6-9H2,2-5H3. The Labute approximate surface area is 98.6 Å². The first-order valence-corrected chi connectivity index (χ1v) is 7.58. The lowest BCUT2D eigenvalue weighted by molar-refractivity contribution is -0.274. The molecule has 0 amide bonds. The maximum absolute atomic E-state index is 12.7. The van der Waals surface area contributed by atoms with Crippen LogP contribution in [0.3, 0.4) is 0 Å². The Morgan fingerprint density at radius 1 is 1.31 bits per heavy atom. The second kappa shape index (κ2) is 5.03. The molecule has 1 aliphatic carbocycles. The van der Waals surface area contributed by atoms with Gasteiger partial charge in [0.2, 0.25) is 0 Å². The normalized spacial score (nSPS) is 22.0. The Kier molecular flexibility index (Phi) is 4.39. The van der Waals surface area contributed by atoms with E-state index in [0.29, 0.717) is 5.31 Å². The lowest BCUT2D eigenvalue weighted by Crippen LogP contribution is -2.20. The summed E-state index contributed by atoms with van der Waals surface area (Å²) in [5.41, 5.74) is -0.337. The summed E-state index contributed by atoms with van der Waals surface area (Å²) in [6.45, 7) is 11.2. The van der Waals surface area contributed by atoms with Crippen molar-refractivity contribution in [2.45, 2.75) is 64.6 Å². The summed E-state index contributed by atoms with van der Waals surface area (Å²) in [4.78, 5) is 5.24. The maximum Gasteiger partial charge on any atom is 0.261 e. The number of allylic oxidation sites excluding steroid dienone is 1. The molecule has 0 saturated heterocycles. The van der Waals surface area contributed by atoms with Gasteiger partial charge in [-0.05, 0) is 40.5 Å². The van der Waals surface area contributed by atoms with E-state index < -0.39 is 13.0 Å². The third-order valence-electron chi connectivity index (χ3n) is 2.74. The second-order valence-electron chi connectivity index (χ2n) is 5.54. The van der Waals surface area contributed by atoms with Crippen LogP contribution in [0.4, 0.5) is 0 Å². The van der Waals surface area contributed by atoms with Gasteiger partial charge in [0, 0.05) is 11.0 Å². The van der Waals surface area contributed by atoms with Crippen molar-refractivity contribution in [3.63, 3.8) is 0 Å². The molecule has 4 heteroatoms. The van der Waals surface area contributed by atoms with Crippen molar-refractivity contribution in [2.24, 2.45) is 0 Å². The Morgan fingerprint density at radius 2 is 1.81 bits per heavy atom. The van der Waals surface area contributed by atoms with Crippen LogP contribution in [0, 0.1) is 0 Å². The van der Waals surface area contributed by atoms with Crippen LogP contribution in [-0.2, 0) is 14.1 Å². The minimum absolute atomic E-state index is 0.104. The van der Waals surface area contributed by atoms with Crippen LogP contribution < -0.4 is 0 Å². The molecule has 1 aliphatic rings. The fraction of sp³-hybridized carbons (Fsp3) is 0.833. The molecule has 3 nitrogen and oxygen atoms in total. The zero-order valence-electron chi connectivity index (χ0n) is 10.8. The van der Waals surface area contributed by atoms with Gasteiger partial charge in [-0.15, -0.1) is 0 Å². The smallest absolute Gasteiger partial charge is 0.261 e. The Morgan fingerprint density at radius 3 is 2.19 bits per heavy atom. The maximum atomic E-state index is 12.7. The van der Waals surface area contributed by atoms with E-state index in [1.165, 1.54) is 0 Å². The first-order valence-electron chi connectivity index (χ1n) is 5.89. The summed E-state index contributed by atoms with van der Waals surface area (Å²) in [6.07, 6.45) is 4.16. The molecule has 0 aromatic rings. The molecule has 1 saturated carbocycles. The third-order valence-corrected chi connectivity index (χ3v) is 5.57. The summed E-state index contributed by atoms with van der Waals surface area (Å²) in [7, 11) is -2.85. The van der Waals surface area contributed by atoms with E-state index in [4.69, 9.17) is 9.56 Å². The predicted octanol–water partition coefficient (Wildman–Crippen LogP) is 4.49. The summed E-state index contributed by atoms with van der Waals surface area (Å²) >= 11 is 0. The summed E-state index contributed by atoms with van der Waals surface area (Å²) in [5, 5.41) is 0.614. The Hall–Kier alpha value is -0.110. The lowest BCUT2D eigenvalue weighted by Gasteiger charge is -2.27. The van der Waals surface area contributed by atoms with Crippen molar-refractivity contribution in [1.29, 1.82) is 0 Å². The zero-order valence-corrected chi connectivity index (χ0v) is 11.7. The van der Waals surface area contributed by atoms with Crippen LogP contribution in [0.1, 0.15) is 53.4 Å². The van der Waals surface area contributed by atoms with Crippen LogP contribution in [0.5, 0.6) is 0 Å². The Balaban J connectivity index is 2.73. The van der Waals surface area contributed by atoms with Gasteiger partial charge in [-0.3, -0.25) is 4.57 Å². The Bertz CT molecular complexity index is 298. The fourth-order valence-electron chi connectivity index (χ4n) is 1.85. The van der Waals surface area contributed by atoms with Crippen molar-refractivity contribution in [3.05, 3.63) is 11.9 Å². The average molecular weight is 246 g/mol. The predicted molar refractivity (Wildman–Crippen MR) is 66.6 cm³/mol. The van der Waals surface area contributed by atoms with E-state index in [0.717, 1.165) is 25.7 Å². The molecule has 0 heterocycles. The summed E-state index contributed by atoms with van der Waals surface area (Å²) < 4.78 is 18.0. The van der Waals surface area contributed by atoms with Crippen molar-refractivity contribution >= 4 is 7.37 Å². The first-order chi connectivity index (χ1) is 7.26. The molecule has 1 atom stereocenters. The summed E-state index contributed by atoms with van der Waals surface area (Å²) in [5.74, 6) is 0. The van der Waals surface area contributed by atoms with Gasteiger partial charge in [0.25, 0.3) is 7.37 Å². The highest BCUT2D eigenvalue weighted by Gasteiger charge is 2.39. The highest BCUT2D eigenvalue weighted by atomic mass is 31.2. The molecular weight excluding hydrogens is 223 g/mol. The molecule has 0 aliphatic heterocycles. The molecule has 16 heavy (non-hydrogen) atoms. The number of rotatable bonds is 4.